The highest BCUT2D eigenvalue weighted by atomic mass is 16.2. The van der Waals surface area contributed by atoms with Crippen LogP contribution in [-0.4, -0.2) is 34.2 Å². The number of rotatable bonds is 3. The number of aromatic nitrogens is 2. The molecule has 1 aromatic heterocycles. The van der Waals surface area contributed by atoms with Crippen molar-refractivity contribution < 1.29 is 9.59 Å². The largest absolute Gasteiger partial charge is 0.354 e. The van der Waals surface area contributed by atoms with Crippen LogP contribution in [0.25, 0.3) is 5.69 Å². The summed E-state index contributed by atoms with van der Waals surface area (Å²) >= 11 is 0. The van der Waals surface area contributed by atoms with Gasteiger partial charge in [0.25, 0.3) is 5.91 Å². The fraction of sp³-hybridized carbons (Fsp3) is 0.353. The van der Waals surface area contributed by atoms with Crippen molar-refractivity contribution in [1.82, 2.24) is 20.4 Å². The first-order valence-corrected chi connectivity index (χ1v) is 7.74. The second-order valence-corrected chi connectivity index (χ2v) is 5.90. The van der Waals surface area contributed by atoms with E-state index in [1.54, 1.807) is 12.1 Å². The van der Waals surface area contributed by atoms with Crippen LogP contribution in [0.3, 0.4) is 0 Å². The Bertz CT molecular complexity index is 724. The molecular formula is C17H20N4O2. The predicted molar refractivity (Wildman–Crippen MR) is 86.5 cm³/mol. The Morgan fingerprint density at radius 1 is 1.30 bits per heavy atom. The molecule has 0 unspecified atom stereocenters. The number of piperidine rings is 1. The molecule has 1 atom stereocenters. The van der Waals surface area contributed by atoms with Gasteiger partial charge < -0.3 is 10.6 Å². The van der Waals surface area contributed by atoms with E-state index >= 15 is 0 Å². The van der Waals surface area contributed by atoms with Gasteiger partial charge >= 0.3 is 0 Å². The number of hydrogen-bond acceptors (Lipinski definition) is 3. The van der Waals surface area contributed by atoms with Gasteiger partial charge in [0.15, 0.2) is 0 Å². The Morgan fingerprint density at radius 2 is 2.04 bits per heavy atom. The standard InChI is InChI=1S/C17H20N4O2/c1-11-9-12(2)21(20-11)15-6-3-13(4-7-15)17(23)19-14-5-8-16(22)18-10-14/h3-4,6-7,9,14H,5,8,10H2,1-2H3,(H,18,22)(H,19,23)/t14-/m0/s1. The first-order chi connectivity index (χ1) is 11.0. The number of amides is 2. The molecule has 23 heavy (non-hydrogen) atoms. The van der Waals surface area contributed by atoms with Gasteiger partial charge in [0.2, 0.25) is 5.91 Å². The maximum absolute atomic E-state index is 12.3. The molecule has 0 radical (unpaired) electrons. The van der Waals surface area contributed by atoms with Crippen LogP contribution < -0.4 is 10.6 Å². The minimum Gasteiger partial charge on any atom is -0.354 e. The SMILES string of the molecule is Cc1cc(C)n(-c2ccc(C(=O)N[C@H]3CCC(=O)NC3)cc2)n1. The van der Waals surface area contributed by atoms with Crippen LogP contribution in [0.5, 0.6) is 0 Å². The Hall–Kier alpha value is -2.63. The van der Waals surface area contributed by atoms with E-state index in [-0.39, 0.29) is 17.9 Å². The number of aryl methyl sites for hydroxylation is 2. The average Bonchev–Trinajstić information content (AvgIpc) is 2.88. The van der Waals surface area contributed by atoms with Gasteiger partial charge in [0, 0.05) is 30.3 Å². The van der Waals surface area contributed by atoms with Crippen LogP contribution >= 0.6 is 0 Å². The third kappa shape index (κ3) is 3.41. The summed E-state index contributed by atoms with van der Waals surface area (Å²) < 4.78 is 1.85. The van der Waals surface area contributed by atoms with Crippen molar-refractivity contribution in [2.75, 3.05) is 6.54 Å². The number of benzene rings is 1. The predicted octanol–water partition coefficient (Wildman–Crippen LogP) is 1.50. The Kier molecular flexibility index (Phi) is 4.14. The molecule has 120 valence electrons. The first kappa shape index (κ1) is 15.3. The van der Waals surface area contributed by atoms with Gasteiger partial charge in [0.1, 0.15) is 0 Å². The van der Waals surface area contributed by atoms with E-state index in [0.29, 0.717) is 24.9 Å². The van der Waals surface area contributed by atoms with Crippen LogP contribution in [-0.2, 0) is 4.79 Å². The molecule has 2 amide bonds. The molecule has 6 nitrogen and oxygen atoms in total. The normalized spacial score (nSPS) is 17.7. The summed E-state index contributed by atoms with van der Waals surface area (Å²) in [6.45, 7) is 4.45. The molecule has 2 aromatic rings. The number of hydrogen-bond donors (Lipinski definition) is 2. The highest BCUT2D eigenvalue weighted by molar-refractivity contribution is 5.94. The van der Waals surface area contributed by atoms with Crippen LogP contribution in [0, 0.1) is 13.8 Å². The van der Waals surface area contributed by atoms with Gasteiger partial charge in [0.05, 0.1) is 11.4 Å². The Balaban J connectivity index is 1.68. The minimum absolute atomic E-state index is 0.00381. The molecule has 0 aliphatic carbocycles. The van der Waals surface area contributed by atoms with Gasteiger partial charge in [-0.05, 0) is 50.6 Å². The second kappa shape index (κ2) is 6.24. The van der Waals surface area contributed by atoms with Gasteiger partial charge in [-0.25, -0.2) is 4.68 Å². The molecule has 3 rings (SSSR count). The maximum atomic E-state index is 12.3. The van der Waals surface area contributed by atoms with Gasteiger partial charge in [-0.1, -0.05) is 0 Å². The van der Waals surface area contributed by atoms with Crippen LogP contribution in [0.4, 0.5) is 0 Å². The number of carbonyl (C=O) groups excluding carboxylic acids is 2. The molecule has 6 heteroatoms. The highest BCUT2D eigenvalue weighted by Crippen LogP contribution is 2.13. The molecular weight excluding hydrogens is 292 g/mol. The van der Waals surface area contributed by atoms with Crippen molar-refractivity contribution in [3.8, 4) is 5.69 Å². The molecule has 2 heterocycles. The summed E-state index contributed by atoms with van der Waals surface area (Å²) in [5, 5.41) is 10.1. The second-order valence-electron chi connectivity index (χ2n) is 5.90. The van der Waals surface area contributed by atoms with E-state index in [2.05, 4.69) is 15.7 Å². The third-order valence-electron chi connectivity index (χ3n) is 3.98. The van der Waals surface area contributed by atoms with Gasteiger partial charge in [-0.15, -0.1) is 0 Å². The van der Waals surface area contributed by atoms with E-state index in [9.17, 15) is 9.59 Å². The Labute approximate surface area is 134 Å². The topological polar surface area (TPSA) is 76.0 Å². The zero-order valence-corrected chi connectivity index (χ0v) is 13.3. The van der Waals surface area contributed by atoms with Gasteiger partial charge in [-0.3, -0.25) is 9.59 Å². The van der Waals surface area contributed by atoms with Crippen molar-refractivity contribution in [3.63, 3.8) is 0 Å². The first-order valence-electron chi connectivity index (χ1n) is 7.74. The van der Waals surface area contributed by atoms with Crippen molar-refractivity contribution in [1.29, 1.82) is 0 Å². The third-order valence-corrected chi connectivity index (χ3v) is 3.98. The summed E-state index contributed by atoms with van der Waals surface area (Å²) in [5.41, 5.74) is 3.55. The number of nitrogens with zero attached hydrogens (tertiary/aromatic N) is 2. The molecule has 1 aliphatic heterocycles. The summed E-state index contributed by atoms with van der Waals surface area (Å²) in [4.78, 5) is 23.4. The minimum atomic E-state index is -0.119. The van der Waals surface area contributed by atoms with Crippen molar-refractivity contribution >= 4 is 11.8 Å². The lowest BCUT2D eigenvalue weighted by molar-refractivity contribution is -0.122. The molecule has 0 bridgehead atoms. The van der Waals surface area contributed by atoms with Crippen molar-refractivity contribution in [2.24, 2.45) is 0 Å². The quantitative estimate of drug-likeness (QED) is 0.902. The monoisotopic (exact) mass is 312 g/mol. The fourth-order valence-electron chi connectivity index (χ4n) is 2.77. The van der Waals surface area contributed by atoms with Crippen LogP contribution in [0.1, 0.15) is 34.6 Å². The molecule has 0 spiro atoms. The van der Waals surface area contributed by atoms with E-state index in [1.165, 1.54) is 0 Å². The highest BCUT2D eigenvalue weighted by Gasteiger charge is 2.20. The summed E-state index contributed by atoms with van der Waals surface area (Å²) in [7, 11) is 0. The van der Waals surface area contributed by atoms with Crippen LogP contribution in [0.15, 0.2) is 30.3 Å². The molecule has 0 saturated carbocycles. The number of nitrogens with one attached hydrogen (secondary N) is 2. The van der Waals surface area contributed by atoms with E-state index in [1.807, 2.05) is 36.7 Å². The number of carbonyl (C=O) groups is 2. The molecule has 1 aromatic carbocycles. The lowest BCUT2D eigenvalue weighted by Crippen LogP contribution is -2.47. The fourth-order valence-corrected chi connectivity index (χ4v) is 2.77. The lowest BCUT2D eigenvalue weighted by Gasteiger charge is -2.23. The zero-order valence-electron chi connectivity index (χ0n) is 13.3. The molecule has 1 aliphatic rings. The summed E-state index contributed by atoms with van der Waals surface area (Å²) in [6.07, 6.45) is 1.14. The summed E-state index contributed by atoms with van der Waals surface area (Å²) in [6, 6.07) is 9.37. The molecule has 2 N–H and O–H groups in total. The Morgan fingerprint density at radius 3 is 2.61 bits per heavy atom. The molecule has 1 fully saturated rings. The van der Waals surface area contributed by atoms with Crippen molar-refractivity contribution in [2.45, 2.75) is 32.7 Å². The van der Waals surface area contributed by atoms with E-state index in [0.717, 1.165) is 17.1 Å². The van der Waals surface area contributed by atoms with Gasteiger partial charge in [-0.2, -0.15) is 5.10 Å². The zero-order chi connectivity index (χ0) is 16.4. The molecule has 1 saturated heterocycles. The van der Waals surface area contributed by atoms with E-state index in [4.69, 9.17) is 0 Å². The lowest BCUT2D eigenvalue weighted by atomic mass is 10.1. The smallest absolute Gasteiger partial charge is 0.251 e. The average molecular weight is 312 g/mol. The summed E-state index contributed by atoms with van der Waals surface area (Å²) in [5.74, 6) is -0.0733. The maximum Gasteiger partial charge on any atom is 0.251 e. The van der Waals surface area contributed by atoms with Crippen LogP contribution in [0.2, 0.25) is 0 Å². The van der Waals surface area contributed by atoms with Crippen molar-refractivity contribution in [3.05, 3.63) is 47.3 Å². The van der Waals surface area contributed by atoms with E-state index < -0.39 is 0 Å².